The van der Waals surface area contributed by atoms with E-state index < -0.39 is 0 Å². The molecule has 0 amide bonds. The second-order valence-electron chi connectivity index (χ2n) is 4.24. The van der Waals surface area contributed by atoms with Crippen molar-refractivity contribution in [2.75, 3.05) is 21.3 Å². The summed E-state index contributed by atoms with van der Waals surface area (Å²) in [5.41, 5.74) is 0.771. The van der Waals surface area contributed by atoms with Crippen molar-refractivity contribution in [3.63, 3.8) is 0 Å². The molecule has 0 aromatic heterocycles. The third-order valence-electron chi connectivity index (χ3n) is 3.07. The molecular formula is C16H15ClO4. The first-order chi connectivity index (χ1) is 10.1. The van der Waals surface area contributed by atoms with Crippen LogP contribution in [-0.2, 0) is 0 Å². The number of halogens is 1. The minimum atomic E-state index is -0.238. The summed E-state index contributed by atoms with van der Waals surface area (Å²) in [7, 11) is 4.59. The monoisotopic (exact) mass is 306 g/mol. The highest BCUT2D eigenvalue weighted by molar-refractivity contribution is 6.35. The number of carbonyl (C=O) groups excluding carboxylic acids is 1. The number of rotatable bonds is 5. The molecule has 0 fully saturated rings. The summed E-state index contributed by atoms with van der Waals surface area (Å²) >= 11 is 6.15. The summed E-state index contributed by atoms with van der Waals surface area (Å²) in [4.78, 5) is 12.7. The maximum absolute atomic E-state index is 12.7. The van der Waals surface area contributed by atoms with E-state index in [1.54, 1.807) is 36.4 Å². The molecule has 0 heterocycles. The Bertz CT molecular complexity index is 667. The summed E-state index contributed by atoms with van der Waals surface area (Å²) in [6.45, 7) is 0. The van der Waals surface area contributed by atoms with Crippen LogP contribution in [0.25, 0.3) is 0 Å². The molecule has 0 spiro atoms. The van der Waals surface area contributed by atoms with Crippen LogP contribution in [0.1, 0.15) is 15.9 Å². The van der Waals surface area contributed by atoms with E-state index in [0.717, 1.165) is 0 Å². The summed E-state index contributed by atoms with van der Waals surface area (Å²) in [5.74, 6) is 1.39. The van der Waals surface area contributed by atoms with Gasteiger partial charge in [-0.15, -0.1) is 0 Å². The predicted molar refractivity (Wildman–Crippen MR) is 81.0 cm³/mol. The van der Waals surface area contributed by atoms with Gasteiger partial charge in [-0.3, -0.25) is 4.79 Å². The fourth-order valence-electron chi connectivity index (χ4n) is 1.94. The van der Waals surface area contributed by atoms with Crippen molar-refractivity contribution in [2.24, 2.45) is 0 Å². The SMILES string of the molecule is COc1ccc(C(=O)c2cc(OC)ccc2OC)c(Cl)c1. The highest BCUT2D eigenvalue weighted by atomic mass is 35.5. The molecule has 2 aromatic rings. The summed E-state index contributed by atoms with van der Waals surface area (Å²) in [5, 5.41) is 0.323. The van der Waals surface area contributed by atoms with Gasteiger partial charge in [-0.2, -0.15) is 0 Å². The molecule has 4 nitrogen and oxygen atoms in total. The van der Waals surface area contributed by atoms with Gasteiger partial charge in [-0.05, 0) is 36.4 Å². The molecular weight excluding hydrogens is 292 g/mol. The molecule has 2 rings (SSSR count). The van der Waals surface area contributed by atoms with Gasteiger partial charge < -0.3 is 14.2 Å². The van der Waals surface area contributed by atoms with Crippen LogP contribution in [0.5, 0.6) is 17.2 Å². The first-order valence-corrected chi connectivity index (χ1v) is 6.58. The average Bonchev–Trinajstić information content (AvgIpc) is 2.53. The Hall–Kier alpha value is -2.20. The van der Waals surface area contributed by atoms with Gasteiger partial charge in [0, 0.05) is 5.56 Å². The van der Waals surface area contributed by atoms with Crippen molar-refractivity contribution in [1.82, 2.24) is 0 Å². The van der Waals surface area contributed by atoms with E-state index >= 15 is 0 Å². The number of hydrogen-bond donors (Lipinski definition) is 0. The number of ketones is 1. The summed E-state index contributed by atoms with van der Waals surface area (Å²) in [6, 6.07) is 9.95. The first-order valence-electron chi connectivity index (χ1n) is 6.21. The molecule has 0 N–H and O–H groups in total. The first kappa shape index (κ1) is 15.2. The van der Waals surface area contributed by atoms with Crippen LogP contribution in [0.3, 0.4) is 0 Å². The van der Waals surface area contributed by atoms with Crippen LogP contribution in [0.2, 0.25) is 5.02 Å². The van der Waals surface area contributed by atoms with Crippen molar-refractivity contribution in [3.05, 3.63) is 52.5 Å². The number of ether oxygens (including phenoxy) is 3. The topological polar surface area (TPSA) is 44.8 Å². The lowest BCUT2D eigenvalue weighted by Gasteiger charge is -2.11. The van der Waals surface area contributed by atoms with Crippen LogP contribution >= 0.6 is 11.6 Å². The average molecular weight is 307 g/mol. The molecule has 21 heavy (non-hydrogen) atoms. The Morgan fingerprint density at radius 2 is 1.48 bits per heavy atom. The van der Waals surface area contributed by atoms with E-state index in [4.69, 9.17) is 25.8 Å². The second-order valence-corrected chi connectivity index (χ2v) is 4.65. The van der Waals surface area contributed by atoms with Gasteiger partial charge in [0.1, 0.15) is 17.2 Å². The largest absolute Gasteiger partial charge is 0.497 e. The fourth-order valence-corrected chi connectivity index (χ4v) is 2.20. The van der Waals surface area contributed by atoms with Crippen LogP contribution in [0.4, 0.5) is 0 Å². The Morgan fingerprint density at radius 1 is 0.857 bits per heavy atom. The lowest BCUT2D eigenvalue weighted by atomic mass is 10.0. The van der Waals surface area contributed by atoms with Crippen molar-refractivity contribution in [3.8, 4) is 17.2 Å². The molecule has 5 heteroatoms. The van der Waals surface area contributed by atoms with E-state index in [2.05, 4.69) is 0 Å². The van der Waals surface area contributed by atoms with Crippen molar-refractivity contribution >= 4 is 17.4 Å². The maximum Gasteiger partial charge on any atom is 0.198 e. The van der Waals surface area contributed by atoms with Gasteiger partial charge in [-0.1, -0.05) is 11.6 Å². The zero-order valence-corrected chi connectivity index (χ0v) is 12.7. The molecule has 0 aliphatic heterocycles. The molecule has 0 saturated carbocycles. The molecule has 0 aliphatic rings. The van der Waals surface area contributed by atoms with Gasteiger partial charge in [0.2, 0.25) is 0 Å². The lowest BCUT2D eigenvalue weighted by Crippen LogP contribution is -2.05. The minimum absolute atomic E-state index is 0.238. The van der Waals surface area contributed by atoms with Gasteiger partial charge in [0.25, 0.3) is 0 Å². The molecule has 0 bridgehead atoms. The maximum atomic E-state index is 12.7. The molecule has 0 aliphatic carbocycles. The van der Waals surface area contributed by atoms with Crippen molar-refractivity contribution in [1.29, 1.82) is 0 Å². The van der Waals surface area contributed by atoms with Crippen LogP contribution in [0, 0.1) is 0 Å². The molecule has 0 atom stereocenters. The predicted octanol–water partition coefficient (Wildman–Crippen LogP) is 3.60. The van der Waals surface area contributed by atoms with E-state index in [9.17, 15) is 4.79 Å². The van der Waals surface area contributed by atoms with Gasteiger partial charge in [0.05, 0.1) is 31.9 Å². The zero-order chi connectivity index (χ0) is 15.4. The Morgan fingerprint density at radius 3 is 2.05 bits per heavy atom. The Kier molecular flexibility index (Phi) is 4.70. The molecule has 0 saturated heterocycles. The minimum Gasteiger partial charge on any atom is -0.497 e. The number of benzene rings is 2. The van der Waals surface area contributed by atoms with Crippen LogP contribution in [0.15, 0.2) is 36.4 Å². The van der Waals surface area contributed by atoms with Gasteiger partial charge in [0.15, 0.2) is 5.78 Å². The zero-order valence-electron chi connectivity index (χ0n) is 12.0. The molecule has 0 radical (unpaired) electrons. The molecule has 2 aromatic carbocycles. The second kappa shape index (κ2) is 6.50. The molecule has 0 unspecified atom stereocenters. The lowest BCUT2D eigenvalue weighted by molar-refractivity contribution is 0.103. The Balaban J connectivity index is 2.48. The normalized spacial score (nSPS) is 10.1. The fraction of sp³-hybridized carbons (Fsp3) is 0.188. The number of methoxy groups -OCH3 is 3. The third kappa shape index (κ3) is 3.11. The Labute approximate surface area is 128 Å². The van der Waals surface area contributed by atoms with Crippen LogP contribution in [-0.4, -0.2) is 27.1 Å². The van der Waals surface area contributed by atoms with E-state index in [0.29, 0.717) is 33.4 Å². The van der Waals surface area contributed by atoms with Crippen molar-refractivity contribution in [2.45, 2.75) is 0 Å². The highest BCUT2D eigenvalue weighted by Crippen LogP contribution is 2.30. The van der Waals surface area contributed by atoms with Gasteiger partial charge in [-0.25, -0.2) is 0 Å². The third-order valence-corrected chi connectivity index (χ3v) is 3.38. The summed E-state index contributed by atoms with van der Waals surface area (Å²) < 4.78 is 15.5. The van der Waals surface area contributed by atoms with E-state index in [1.807, 2.05) is 0 Å². The number of hydrogen-bond acceptors (Lipinski definition) is 4. The van der Waals surface area contributed by atoms with E-state index in [1.165, 1.54) is 21.3 Å². The highest BCUT2D eigenvalue weighted by Gasteiger charge is 2.18. The molecule has 110 valence electrons. The number of carbonyl (C=O) groups is 1. The van der Waals surface area contributed by atoms with Crippen LogP contribution < -0.4 is 14.2 Å². The standard InChI is InChI=1S/C16H15ClO4/c1-19-10-5-7-15(21-3)13(8-10)16(18)12-6-4-11(20-2)9-14(12)17/h4-9H,1-3H3. The van der Waals surface area contributed by atoms with Crippen molar-refractivity contribution < 1.29 is 19.0 Å². The summed E-state index contributed by atoms with van der Waals surface area (Å²) in [6.07, 6.45) is 0. The van der Waals surface area contributed by atoms with E-state index in [-0.39, 0.29) is 5.78 Å². The quantitative estimate of drug-likeness (QED) is 0.792. The smallest absolute Gasteiger partial charge is 0.198 e. The van der Waals surface area contributed by atoms with Gasteiger partial charge >= 0.3 is 0 Å².